The molecule has 0 unspecified atom stereocenters. The molecule has 2 rings (SSSR count). The summed E-state index contributed by atoms with van der Waals surface area (Å²) in [5.74, 6) is 0. The van der Waals surface area contributed by atoms with Crippen LogP contribution in [0.2, 0.25) is 10.0 Å². The van der Waals surface area contributed by atoms with E-state index in [0.29, 0.717) is 16.7 Å². The van der Waals surface area contributed by atoms with E-state index in [1.165, 1.54) is 6.42 Å². The summed E-state index contributed by atoms with van der Waals surface area (Å²) in [5.41, 5.74) is 0.945. The van der Waals surface area contributed by atoms with Gasteiger partial charge in [0, 0.05) is 16.7 Å². The summed E-state index contributed by atoms with van der Waals surface area (Å²) >= 11 is 11.9. The van der Waals surface area contributed by atoms with Gasteiger partial charge in [-0.15, -0.1) is 0 Å². The van der Waals surface area contributed by atoms with Gasteiger partial charge in [0.05, 0.1) is 6.61 Å². The van der Waals surface area contributed by atoms with Gasteiger partial charge in [-0.2, -0.15) is 0 Å². The minimum atomic E-state index is -0.0829. The first-order valence-electron chi connectivity index (χ1n) is 5.43. The van der Waals surface area contributed by atoms with Crippen LogP contribution < -0.4 is 0 Å². The van der Waals surface area contributed by atoms with Crippen LogP contribution >= 0.6 is 23.2 Å². The number of rotatable bonds is 3. The van der Waals surface area contributed by atoms with Gasteiger partial charge in [-0.3, -0.25) is 0 Å². The van der Waals surface area contributed by atoms with E-state index in [0.717, 1.165) is 25.0 Å². The average molecular weight is 261 g/mol. The standard InChI is InChI=1S/C12H14Cl2O2/c13-10-5-4-9(11(14)7-10)8-16-12-3-1-2-6-15-12/h4-5,7,12H,1-3,6,8H2/t12-/m1/s1. The molecule has 1 aliphatic heterocycles. The summed E-state index contributed by atoms with van der Waals surface area (Å²) in [6, 6.07) is 5.42. The first kappa shape index (κ1) is 12.2. The van der Waals surface area contributed by atoms with Crippen molar-refractivity contribution in [3.8, 4) is 0 Å². The Morgan fingerprint density at radius 3 is 2.88 bits per heavy atom. The molecule has 0 bridgehead atoms. The molecule has 1 saturated heterocycles. The van der Waals surface area contributed by atoms with E-state index in [4.69, 9.17) is 32.7 Å². The van der Waals surface area contributed by atoms with Gasteiger partial charge in [0.2, 0.25) is 0 Å². The second kappa shape index (κ2) is 5.87. The molecule has 1 heterocycles. The third-order valence-electron chi connectivity index (χ3n) is 2.58. The van der Waals surface area contributed by atoms with Gasteiger partial charge in [-0.05, 0) is 37.0 Å². The normalized spacial score (nSPS) is 21.0. The number of halogens is 2. The van der Waals surface area contributed by atoms with Crippen LogP contribution in [0.25, 0.3) is 0 Å². The monoisotopic (exact) mass is 260 g/mol. The first-order chi connectivity index (χ1) is 7.75. The van der Waals surface area contributed by atoms with Crippen molar-refractivity contribution in [2.45, 2.75) is 32.2 Å². The lowest BCUT2D eigenvalue weighted by atomic mass is 10.2. The summed E-state index contributed by atoms with van der Waals surface area (Å²) in [6.07, 6.45) is 3.17. The van der Waals surface area contributed by atoms with Crippen molar-refractivity contribution >= 4 is 23.2 Å². The Morgan fingerprint density at radius 1 is 1.31 bits per heavy atom. The molecule has 1 atom stereocenters. The fourth-order valence-corrected chi connectivity index (χ4v) is 2.13. The Balaban J connectivity index is 1.88. The Kier molecular flexibility index (Phi) is 4.47. The lowest BCUT2D eigenvalue weighted by molar-refractivity contribution is -0.168. The molecule has 16 heavy (non-hydrogen) atoms. The molecular formula is C12H14Cl2O2. The molecule has 0 amide bonds. The Labute approximate surface area is 105 Å². The van der Waals surface area contributed by atoms with Crippen LogP contribution in [0.1, 0.15) is 24.8 Å². The van der Waals surface area contributed by atoms with Gasteiger partial charge >= 0.3 is 0 Å². The van der Waals surface area contributed by atoms with Crippen LogP contribution in [0.4, 0.5) is 0 Å². The smallest absolute Gasteiger partial charge is 0.158 e. The summed E-state index contributed by atoms with van der Waals surface area (Å²) in [4.78, 5) is 0. The fourth-order valence-electron chi connectivity index (χ4n) is 1.66. The Bertz CT molecular complexity index is 349. The van der Waals surface area contributed by atoms with Crippen molar-refractivity contribution < 1.29 is 9.47 Å². The zero-order valence-corrected chi connectivity index (χ0v) is 10.4. The van der Waals surface area contributed by atoms with Gasteiger partial charge in [0.15, 0.2) is 6.29 Å². The number of ether oxygens (including phenoxy) is 2. The second-order valence-electron chi connectivity index (χ2n) is 3.84. The van der Waals surface area contributed by atoms with Crippen molar-refractivity contribution in [2.24, 2.45) is 0 Å². The molecule has 0 radical (unpaired) electrons. The van der Waals surface area contributed by atoms with Crippen molar-refractivity contribution in [2.75, 3.05) is 6.61 Å². The highest BCUT2D eigenvalue weighted by Crippen LogP contribution is 2.23. The predicted octanol–water partition coefficient (Wildman–Crippen LogP) is 4.04. The predicted molar refractivity (Wildman–Crippen MR) is 64.8 cm³/mol. The number of hydrogen-bond donors (Lipinski definition) is 0. The molecule has 0 aromatic heterocycles. The van der Waals surface area contributed by atoms with Crippen LogP contribution in [-0.2, 0) is 16.1 Å². The molecule has 1 aromatic carbocycles. The van der Waals surface area contributed by atoms with Crippen molar-refractivity contribution in [3.05, 3.63) is 33.8 Å². The summed E-state index contributed by atoms with van der Waals surface area (Å²) in [7, 11) is 0. The van der Waals surface area contributed by atoms with E-state index >= 15 is 0 Å². The van der Waals surface area contributed by atoms with Gasteiger partial charge < -0.3 is 9.47 Å². The summed E-state index contributed by atoms with van der Waals surface area (Å²) in [5, 5.41) is 1.28. The maximum Gasteiger partial charge on any atom is 0.158 e. The molecule has 4 heteroatoms. The van der Waals surface area contributed by atoms with E-state index in [9.17, 15) is 0 Å². The van der Waals surface area contributed by atoms with E-state index in [1.807, 2.05) is 12.1 Å². The molecule has 2 nitrogen and oxygen atoms in total. The second-order valence-corrected chi connectivity index (χ2v) is 4.69. The molecule has 1 aromatic rings. The number of benzene rings is 1. The van der Waals surface area contributed by atoms with Crippen molar-refractivity contribution in [3.63, 3.8) is 0 Å². The maximum absolute atomic E-state index is 6.04. The minimum Gasteiger partial charge on any atom is -0.353 e. The van der Waals surface area contributed by atoms with Gasteiger partial charge in [-0.25, -0.2) is 0 Å². The molecule has 1 fully saturated rings. The van der Waals surface area contributed by atoms with Gasteiger partial charge in [0.25, 0.3) is 0 Å². The first-order valence-corrected chi connectivity index (χ1v) is 6.18. The van der Waals surface area contributed by atoms with Crippen molar-refractivity contribution in [1.29, 1.82) is 0 Å². The van der Waals surface area contributed by atoms with Gasteiger partial charge in [0.1, 0.15) is 0 Å². The molecule has 0 aliphatic carbocycles. The minimum absolute atomic E-state index is 0.0829. The SMILES string of the molecule is Clc1ccc(CO[C@@H]2CCCCO2)c(Cl)c1. The van der Waals surface area contributed by atoms with E-state index in [-0.39, 0.29) is 6.29 Å². The average Bonchev–Trinajstić information content (AvgIpc) is 2.29. The lowest BCUT2D eigenvalue weighted by Gasteiger charge is -2.22. The topological polar surface area (TPSA) is 18.5 Å². The van der Waals surface area contributed by atoms with Crippen LogP contribution in [0.15, 0.2) is 18.2 Å². The number of hydrogen-bond acceptors (Lipinski definition) is 2. The zero-order chi connectivity index (χ0) is 11.4. The van der Waals surface area contributed by atoms with E-state index in [1.54, 1.807) is 6.07 Å². The van der Waals surface area contributed by atoms with E-state index < -0.39 is 0 Å². The largest absolute Gasteiger partial charge is 0.353 e. The highest BCUT2D eigenvalue weighted by molar-refractivity contribution is 6.35. The Morgan fingerprint density at radius 2 is 2.19 bits per heavy atom. The van der Waals surface area contributed by atoms with E-state index in [2.05, 4.69) is 0 Å². The molecular weight excluding hydrogens is 247 g/mol. The lowest BCUT2D eigenvalue weighted by Crippen LogP contribution is -2.22. The van der Waals surface area contributed by atoms with Crippen LogP contribution in [-0.4, -0.2) is 12.9 Å². The zero-order valence-electron chi connectivity index (χ0n) is 8.92. The summed E-state index contributed by atoms with van der Waals surface area (Å²) < 4.78 is 11.1. The molecule has 0 spiro atoms. The van der Waals surface area contributed by atoms with Crippen LogP contribution in [0.3, 0.4) is 0 Å². The highest BCUT2D eigenvalue weighted by Gasteiger charge is 2.14. The van der Waals surface area contributed by atoms with Crippen LogP contribution in [0, 0.1) is 0 Å². The van der Waals surface area contributed by atoms with Gasteiger partial charge in [-0.1, -0.05) is 29.3 Å². The fraction of sp³-hybridized carbons (Fsp3) is 0.500. The molecule has 0 N–H and O–H groups in total. The highest BCUT2D eigenvalue weighted by atomic mass is 35.5. The molecule has 88 valence electrons. The third-order valence-corrected chi connectivity index (χ3v) is 3.16. The molecule has 0 saturated carbocycles. The molecule has 1 aliphatic rings. The maximum atomic E-state index is 6.04. The van der Waals surface area contributed by atoms with Crippen molar-refractivity contribution in [1.82, 2.24) is 0 Å². The Hall–Kier alpha value is -0.280. The summed E-state index contributed by atoms with van der Waals surface area (Å²) in [6.45, 7) is 1.26. The quantitative estimate of drug-likeness (QED) is 0.817. The third kappa shape index (κ3) is 3.36. The van der Waals surface area contributed by atoms with Crippen LogP contribution in [0.5, 0.6) is 0 Å².